The zero-order valence-electron chi connectivity index (χ0n) is 16.3. The highest BCUT2D eigenvalue weighted by Gasteiger charge is 2.17. The number of hydrogen-bond donors (Lipinski definition) is 1. The van der Waals surface area contributed by atoms with Gasteiger partial charge >= 0.3 is 0 Å². The first-order valence-corrected chi connectivity index (χ1v) is 9.53. The molecule has 1 N–H and O–H groups in total. The molecule has 0 aromatic carbocycles. The van der Waals surface area contributed by atoms with Crippen molar-refractivity contribution in [3.05, 3.63) is 40.3 Å². The van der Waals surface area contributed by atoms with E-state index in [0.717, 1.165) is 37.9 Å². The molecule has 2 aromatic rings. The van der Waals surface area contributed by atoms with E-state index in [1.165, 1.54) is 0 Å². The second kappa shape index (κ2) is 9.48. The van der Waals surface area contributed by atoms with Gasteiger partial charge in [-0.15, -0.1) is 0 Å². The first-order valence-electron chi connectivity index (χ1n) is 9.53. The van der Waals surface area contributed by atoms with Crippen molar-refractivity contribution in [2.45, 2.75) is 53.1 Å². The summed E-state index contributed by atoms with van der Waals surface area (Å²) in [7, 11) is 0. The third kappa shape index (κ3) is 4.69. The first-order chi connectivity index (χ1) is 12.5. The Morgan fingerprint density at radius 2 is 2.04 bits per heavy atom. The summed E-state index contributed by atoms with van der Waals surface area (Å²) < 4.78 is 1.55. The Morgan fingerprint density at radius 3 is 2.69 bits per heavy atom. The number of hydrogen-bond acceptors (Lipinski definition) is 4. The lowest BCUT2D eigenvalue weighted by Crippen LogP contribution is -2.38. The van der Waals surface area contributed by atoms with Gasteiger partial charge in [0.05, 0.1) is 0 Å². The Bertz CT molecular complexity index is 796. The van der Waals surface area contributed by atoms with E-state index in [1.54, 1.807) is 16.8 Å². The Hall–Kier alpha value is -2.21. The molecule has 2 rings (SSSR count). The van der Waals surface area contributed by atoms with Crippen molar-refractivity contribution in [3.63, 3.8) is 0 Å². The van der Waals surface area contributed by atoms with E-state index >= 15 is 0 Å². The number of fused-ring (bicyclic) bond motifs is 1. The molecule has 26 heavy (non-hydrogen) atoms. The van der Waals surface area contributed by atoms with E-state index in [1.807, 2.05) is 26.0 Å². The summed E-state index contributed by atoms with van der Waals surface area (Å²) >= 11 is 0. The molecule has 0 bridgehead atoms. The van der Waals surface area contributed by atoms with Crippen molar-refractivity contribution in [2.75, 3.05) is 19.6 Å². The minimum absolute atomic E-state index is 0.0251. The molecule has 0 aliphatic heterocycles. The molecule has 0 aliphatic carbocycles. The minimum atomic E-state index is -0.307. The van der Waals surface area contributed by atoms with Crippen LogP contribution in [-0.2, 0) is 6.54 Å². The highest BCUT2D eigenvalue weighted by molar-refractivity contribution is 5.97. The van der Waals surface area contributed by atoms with Crippen molar-refractivity contribution >= 4 is 16.9 Å². The maximum Gasteiger partial charge on any atom is 0.265 e. The number of aromatic nitrogens is 2. The number of rotatable bonds is 9. The second-order valence-corrected chi connectivity index (χ2v) is 6.57. The topological polar surface area (TPSA) is 67.2 Å². The fourth-order valence-corrected chi connectivity index (χ4v) is 3.20. The number of nitrogens with one attached hydrogen (secondary N) is 1. The van der Waals surface area contributed by atoms with Gasteiger partial charge < -0.3 is 10.2 Å². The molecule has 6 nitrogen and oxygen atoms in total. The Labute approximate surface area is 155 Å². The molecule has 2 heterocycles. The Kier molecular flexibility index (Phi) is 7.33. The third-order valence-corrected chi connectivity index (χ3v) is 4.79. The summed E-state index contributed by atoms with van der Waals surface area (Å²) in [4.78, 5) is 32.0. The summed E-state index contributed by atoms with van der Waals surface area (Å²) in [5.74, 6) is -0.307. The van der Waals surface area contributed by atoms with Crippen LogP contribution >= 0.6 is 0 Å². The van der Waals surface area contributed by atoms with Gasteiger partial charge in [-0.3, -0.25) is 14.2 Å². The summed E-state index contributed by atoms with van der Waals surface area (Å²) in [6.45, 7) is 11.8. The van der Waals surface area contributed by atoms with Crippen LogP contribution in [0.3, 0.4) is 0 Å². The third-order valence-electron chi connectivity index (χ3n) is 4.79. The Morgan fingerprint density at radius 1 is 1.31 bits per heavy atom. The largest absolute Gasteiger partial charge is 0.349 e. The fraction of sp³-hybridized carbons (Fsp3) is 0.550. The molecule has 0 unspecified atom stereocenters. The molecule has 0 fully saturated rings. The highest BCUT2D eigenvalue weighted by Crippen LogP contribution is 2.11. The lowest BCUT2D eigenvalue weighted by atomic mass is 10.1. The summed E-state index contributed by atoms with van der Waals surface area (Å²) in [6, 6.07) is 5.36. The van der Waals surface area contributed by atoms with Crippen LogP contribution in [0.5, 0.6) is 0 Å². The van der Waals surface area contributed by atoms with Crippen molar-refractivity contribution in [1.29, 1.82) is 0 Å². The number of pyridine rings is 2. The normalized spacial score (nSPS) is 12.5. The molecule has 1 atom stereocenters. The predicted molar refractivity (Wildman–Crippen MR) is 106 cm³/mol. The lowest BCUT2D eigenvalue weighted by molar-refractivity contribution is 0.0935. The minimum Gasteiger partial charge on any atom is -0.349 e. The van der Waals surface area contributed by atoms with Gasteiger partial charge in [0.1, 0.15) is 11.2 Å². The van der Waals surface area contributed by atoms with E-state index in [2.05, 4.69) is 29.0 Å². The van der Waals surface area contributed by atoms with E-state index in [0.29, 0.717) is 12.2 Å². The SMILES string of the molecule is CCN(CC)CCC[C@@H](C)NC(=O)c1cc2cccnc2n(CC)c1=O. The van der Waals surface area contributed by atoms with Crippen LogP contribution in [0.15, 0.2) is 29.2 Å². The standard InChI is InChI=1S/C20H30N4O2/c1-5-23(6-2)13-9-10-15(4)22-19(25)17-14-16-11-8-12-21-18(16)24(7-3)20(17)26/h8,11-12,14-15H,5-7,9-10,13H2,1-4H3,(H,22,25)/t15-/m1/s1. The monoisotopic (exact) mass is 358 g/mol. The molecule has 0 spiro atoms. The van der Waals surface area contributed by atoms with Gasteiger partial charge in [0.25, 0.3) is 11.5 Å². The average Bonchev–Trinajstić information content (AvgIpc) is 2.64. The van der Waals surface area contributed by atoms with Gasteiger partial charge in [-0.1, -0.05) is 13.8 Å². The lowest BCUT2D eigenvalue weighted by Gasteiger charge is -2.20. The number of nitrogens with zero attached hydrogens (tertiary/aromatic N) is 3. The van der Waals surface area contributed by atoms with Crippen LogP contribution in [-0.4, -0.2) is 46.0 Å². The van der Waals surface area contributed by atoms with Crippen molar-refractivity contribution in [2.24, 2.45) is 0 Å². The number of carbonyl (C=O) groups is 1. The highest BCUT2D eigenvalue weighted by atomic mass is 16.2. The van der Waals surface area contributed by atoms with Crippen LogP contribution in [0.1, 0.15) is 50.9 Å². The molecule has 6 heteroatoms. The van der Waals surface area contributed by atoms with E-state index in [4.69, 9.17) is 0 Å². The van der Waals surface area contributed by atoms with Crippen LogP contribution in [0.4, 0.5) is 0 Å². The molecule has 0 radical (unpaired) electrons. The number of carbonyl (C=O) groups excluding carboxylic acids is 1. The van der Waals surface area contributed by atoms with Crippen LogP contribution in [0, 0.1) is 0 Å². The second-order valence-electron chi connectivity index (χ2n) is 6.57. The van der Waals surface area contributed by atoms with Crippen molar-refractivity contribution in [3.8, 4) is 0 Å². The van der Waals surface area contributed by atoms with Gasteiger partial charge in [0.15, 0.2) is 0 Å². The van der Waals surface area contributed by atoms with Gasteiger partial charge in [-0.2, -0.15) is 0 Å². The summed E-state index contributed by atoms with van der Waals surface area (Å²) in [5, 5.41) is 3.77. The van der Waals surface area contributed by atoms with Gasteiger partial charge in [-0.25, -0.2) is 4.98 Å². The quantitative estimate of drug-likeness (QED) is 0.748. The van der Waals surface area contributed by atoms with Crippen LogP contribution in [0.2, 0.25) is 0 Å². The van der Waals surface area contributed by atoms with Crippen LogP contribution in [0.25, 0.3) is 11.0 Å². The smallest absolute Gasteiger partial charge is 0.265 e. The zero-order valence-corrected chi connectivity index (χ0v) is 16.3. The van der Waals surface area contributed by atoms with Gasteiger partial charge in [-0.05, 0) is 64.5 Å². The average molecular weight is 358 g/mol. The number of amides is 1. The van der Waals surface area contributed by atoms with E-state index < -0.39 is 0 Å². The molecule has 0 saturated carbocycles. The predicted octanol–water partition coefficient (Wildman–Crippen LogP) is 2.66. The first kappa shape index (κ1) is 20.1. The molecule has 2 aromatic heterocycles. The maximum atomic E-state index is 12.7. The zero-order chi connectivity index (χ0) is 19.1. The Balaban J connectivity index is 2.10. The summed E-state index contributed by atoms with van der Waals surface area (Å²) in [5.41, 5.74) is 0.512. The van der Waals surface area contributed by atoms with E-state index in [-0.39, 0.29) is 23.1 Å². The molecular formula is C20H30N4O2. The molecule has 1 amide bonds. The van der Waals surface area contributed by atoms with Gasteiger partial charge in [0, 0.05) is 24.2 Å². The fourth-order valence-electron chi connectivity index (χ4n) is 3.20. The molecule has 0 saturated heterocycles. The van der Waals surface area contributed by atoms with Crippen molar-refractivity contribution in [1.82, 2.24) is 19.8 Å². The molecule has 142 valence electrons. The van der Waals surface area contributed by atoms with Crippen molar-refractivity contribution < 1.29 is 4.79 Å². The van der Waals surface area contributed by atoms with Gasteiger partial charge in [0.2, 0.25) is 0 Å². The van der Waals surface area contributed by atoms with Crippen LogP contribution < -0.4 is 10.9 Å². The maximum absolute atomic E-state index is 12.7. The van der Waals surface area contributed by atoms with E-state index in [9.17, 15) is 9.59 Å². The molecule has 0 aliphatic rings. The number of aryl methyl sites for hydroxylation is 1. The summed E-state index contributed by atoms with van der Waals surface area (Å²) in [6.07, 6.45) is 3.56. The molecular weight excluding hydrogens is 328 g/mol.